The fraction of sp³-hybridized carbons (Fsp3) is 0.364. The number of anilines is 1. The zero-order chi connectivity index (χ0) is 14.8. The summed E-state index contributed by atoms with van der Waals surface area (Å²) in [6.07, 6.45) is 0. The lowest BCUT2D eigenvalue weighted by molar-refractivity contribution is -0.125. The van der Waals surface area contributed by atoms with Crippen LogP contribution >= 0.6 is 11.6 Å². The Morgan fingerprint density at radius 1 is 1.42 bits per heavy atom. The van der Waals surface area contributed by atoms with Gasteiger partial charge in [0, 0.05) is 6.54 Å². The van der Waals surface area contributed by atoms with Crippen molar-refractivity contribution in [2.24, 2.45) is 11.1 Å². The molecule has 0 radical (unpaired) electrons. The fourth-order valence-electron chi connectivity index (χ4n) is 1.13. The first-order chi connectivity index (χ1) is 8.56. The Morgan fingerprint density at radius 3 is 2.47 bits per heavy atom. The van der Waals surface area contributed by atoms with Crippen LogP contribution in [0.2, 0.25) is 5.02 Å². The van der Waals surface area contributed by atoms with Crippen molar-refractivity contribution < 1.29 is 13.2 Å². The second-order valence-corrected chi connectivity index (χ2v) is 6.93. The van der Waals surface area contributed by atoms with Crippen molar-refractivity contribution >= 4 is 33.2 Å². The molecule has 0 bridgehead atoms. The maximum Gasteiger partial charge on any atom is 0.240 e. The number of carbonyl (C=O) groups is 1. The van der Waals surface area contributed by atoms with Gasteiger partial charge in [-0.25, -0.2) is 13.1 Å². The van der Waals surface area contributed by atoms with Gasteiger partial charge in [-0.05, 0) is 32.0 Å². The van der Waals surface area contributed by atoms with Crippen molar-refractivity contribution in [3.8, 4) is 0 Å². The number of primary amides is 1. The lowest BCUT2D eigenvalue weighted by atomic mass is 9.93. The molecular formula is C11H16ClN3O3S. The van der Waals surface area contributed by atoms with Gasteiger partial charge in [0.05, 0.1) is 21.0 Å². The molecule has 0 spiro atoms. The first kappa shape index (κ1) is 15.7. The van der Waals surface area contributed by atoms with E-state index in [9.17, 15) is 13.2 Å². The Bertz CT molecular complexity index is 599. The van der Waals surface area contributed by atoms with Gasteiger partial charge < -0.3 is 11.5 Å². The number of benzene rings is 1. The number of carbonyl (C=O) groups excluding carboxylic acids is 1. The van der Waals surface area contributed by atoms with E-state index in [2.05, 4.69) is 4.72 Å². The highest BCUT2D eigenvalue weighted by Gasteiger charge is 2.27. The molecule has 0 unspecified atom stereocenters. The van der Waals surface area contributed by atoms with Crippen molar-refractivity contribution in [3.05, 3.63) is 23.2 Å². The van der Waals surface area contributed by atoms with Gasteiger partial charge in [-0.3, -0.25) is 4.79 Å². The molecule has 1 amide bonds. The molecule has 6 nitrogen and oxygen atoms in total. The van der Waals surface area contributed by atoms with Crippen LogP contribution in [0.5, 0.6) is 0 Å². The average Bonchev–Trinajstić information content (AvgIpc) is 2.30. The van der Waals surface area contributed by atoms with Gasteiger partial charge in [0.2, 0.25) is 15.9 Å². The largest absolute Gasteiger partial charge is 0.397 e. The Hall–Kier alpha value is -1.31. The molecular weight excluding hydrogens is 290 g/mol. The van der Waals surface area contributed by atoms with Crippen molar-refractivity contribution in [1.82, 2.24) is 4.72 Å². The molecule has 0 atom stereocenters. The van der Waals surface area contributed by atoms with Gasteiger partial charge in [0.25, 0.3) is 0 Å². The minimum absolute atomic E-state index is 0.0188. The van der Waals surface area contributed by atoms with Crippen LogP contribution in [0.4, 0.5) is 5.69 Å². The van der Waals surface area contributed by atoms with Gasteiger partial charge >= 0.3 is 0 Å². The predicted octanol–water partition coefficient (Wildman–Crippen LogP) is 0.712. The summed E-state index contributed by atoms with van der Waals surface area (Å²) in [6.45, 7) is 3.00. The highest BCUT2D eigenvalue weighted by Crippen LogP contribution is 2.22. The molecule has 1 rings (SSSR count). The SMILES string of the molecule is CC(C)(CNS(=O)(=O)c1ccc(Cl)c(N)c1)C(N)=O. The molecule has 0 aliphatic rings. The number of nitrogens with one attached hydrogen (secondary N) is 1. The molecule has 1 aromatic carbocycles. The van der Waals surface area contributed by atoms with Crippen LogP contribution in [0.15, 0.2) is 23.1 Å². The van der Waals surface area contributed by atoms with Gasteiger partial charge in [-0.1, -0.05) is 11.6 Å². The molecule has 0 aromatic heterocycles. The first-order valence-corrected chi connectivity index (χ1v) is 7.27. The van der Waals surface area contributed by atoms with Crippen LogP contribution in [0, 0.1) is 5.41 Å². The summed E-state index contributed by atoms with van der Waals surface area (Å²) < 4.78 is 26.3. The summed E-state index contributed by atoms with van der Waals surface area (Å²) >= 11 is 5.72. The topological polar surface area (TPSA) is 115 Å². The summed E-state index contributed by atoms with van der Waals surface area (Å²) in [6, 6.07) is 3.98. The zero-order valence-corrected chi connectivity index (χ0v) is 12.2. The minimum atomic E-state index is -3.76. The number of hydrogen-bond acceptors (Lipinski definition) is 4. The summed E-state index contributed by atoms with van der Waals surface area (Å²) in [5, 5.41) is 0.274. The van der Waals surface area contributed by atoms with Crippen LogP contribution in [-0.4, -0.2) is 20.9 Å². The van der Waals surface area contributed by atoms with Crippen LogP contribution < -0.4 is 16.2 Å². The van der Waals surface area contributed by atoms with E-state index in [4.69, 9.17) is 23.1 Å². The highest BCUT2D eigenvalue weighted by molar-refractivity contribution is 7.89. The smallest absolute Gasteiger partial charge is 0.240 e. The monoisotopic (exact) mass is 305 g/mol. The van der Waals surface area contributed by atoms with E-state index in [0.29, 0.717) is 0 Å². The molecule has 19 heavy (non-hydrogen) atoms. The number of nitrogen functional groups attached to an aromatic ring is 1. The Balaban J connectivity index is 2.93. The molecule has 106 valence electrons. The Kier molecular flexibility index (Phi) is 4.44. The van der Waals surface area contributed by atoms with E-state index in [1.807, 2.05) is 0 Å². The normalized spacial score (nSPS) is 12.4. The van der Waals surface area contributed by atoms with Gasteiger partial charge in [-0.2, -0.15) is 0 Å². The lowest BCUT2D eigenvalue weighted by Crippen LogP contribution is -2.42. The predicted molar refractivity (Wildman–Crippen MR) is 74.0 cm³/mol. The Labute approximate surface area is 117 Å². The quantitative estimate of drug-likeness (QED) is 0.695. The molecule has 0 aliphatic heterocycles. The molecule has 0 saturated heterocycles. The van der Waals surface area contributed by atoms with Crippen molar-refractivity contribution in [1.29, 1.82) is 0 Å². The summed E-state index contributed by atoms with van der Waals surface area (Å²) in [5.41, 5.74) is 9.90. The molecule has 5 N–H and O–H groups in total. The number of rotatable bonds is 5. The number of nitrogens with two attached hydrogens (primary N) is 2. The lowest BCUT2D eigenvalue weighted by Gasteiger charge is -2.20. The van der Waals surface area contributed by atoms with E-state index < -0.39 is 21.3 Å². The van der Waals surface area contributed by atoms with E-state index in [1.54, 1.807) is 13.8 Å². The average molecular weight is 306 g/mol. The number of sulfonamides is 1. The zero-order valence-electron chi connectivity index (χ0n) is 10.6. The van der Waals surface area contributed by atoms with Crippen LogP contribution in [-0.2, 0) is 14.8 Å². The maximum absolute atomic E-state index is 12.0. The fourth-order valence-corrected chi connectivity index (χ4v) is 2.50. The standard InChI is InChI=1S/C11H16ClN3O3S/c1-11(2,10(14)16)6-15-19(17,18)7-3-4-8(12)9(13)5-7/h3-5,15H,6,13H2,1-2H3,(H2,14,16). The van der Waals surface area contributed by atoms with E-state index in [0.717, 1.165) is 0 Å². The van der Waals surface area contributed by atoms with Crippen molar-refractivity contribution in [3.63, 3.8) is 0 Å². The molecule has 0 fully saturated rings. The second kappa shape index (κ2) is 5.36. The molecule has 0 saturated carbocycles. The van der Waals surface area contributed by atoms with Gasteiger partial charge in [-0.15, -0.1) is 0 Å². The van der Waals surface area contributed by atoms with E-state index in [1.165, 1.54) is 18.2 Å². The van der Waals surface area contributed by atoms with Crippen molar-refractivity contribution in [2.45, 2.75) is 18.7 Å². The number of halogens is 1. The van der Waals surface area contributed by atoms with Gasteiger partial charge in [0.1, 0.15) is 0 Å². The highest BCUT2D eigenvalue weighted by atomic mass is 35.5. The number of amides is 1. The molecule has 8 heteroatoms. The maximum atomic E-state index is 12.0. The van der Waals surface area contributed by atoms with Crippen LogP contribution in [0.3, 0.4) is 0 Å². The third-order valence-electron chi connectivity index (χ3n) is 2.65. The molecule has 0 aliphatic carbocycles. The summed E-state index contributed by atoms with van der Waals surface area (Å²) in [4.78, 5) is 11.1. The third kappa shape index (κ3) is 3.82. The number of hydrogen-bond donors (Lipinski definition) is 3. The Morgan fingerprint density at radius 2 is 2.00 bits per heavy atom. The molecule has 1 aromatic rings. The van der Waals surface area contributed by atoms with E-state index in [-0.39, 0.29) is 22.2 Å². The molecule has 0 heterocycles. The minimum Gasteiger partial charge on any atom is -0.397 e. The third-order valence-corrected chi connectivity index (χ3v) is 4.39. The van der Waals surface area contributed by atoms with Gasteiger partial charge in [0.15, 0.2) is 0 Å². The van der Waals surface area contributed by atoms with Crippen LogP contribution in [0.25, 0.3) is 0 Å². The van der Waals surface area contributed by atoms with Crippen molar-refractivity contribution in [2.75, 3.05) is 12.3 Å². The van der Waals surface area contributed by atoms with E-state index >= 15 is 0 Å². The van der Waals surface area contributed by atoms with Crippen LogP contribution in [0.1, 0.15) is 13.8 Å². The first-order valence-electron chi connectivity index (χ1n) is 5.41. The second-order valence-electron chi connectivity index (χ2n) is 4.76. The summed E-state index contributed by atoms with van der Waals surface area (Å²) in [5.74, 6) is -0.592. The summed E-state index contributed by atoms with van der Waals surface area (Å²) in [7, 11) is -3.76.